The van der Waals surface area contributed by atoms with Crippen LogP contribution in [0.5, 0.6) is 0 Å². The molecular formula is C16H19N3. The van der Waals surface area contributed by atoms with Gasteiger partial charge in [0, 0.05) is 38.1 Å². The summed E-state index contributed by atoms with van der Waals surface area (Å²) in [5.41, 5.74) is 10.1. The second kappa shape index (κ2) is 5.51. The van der Waals surface area contributed by atoms with E-state index in [2.05, 4.69) is 40.2 Å². The fourth-order valence-electron chi connectivity index (χ4n) is 2.85. The maximum absolute atomic E-state index is 5.99. The van der Waals surface area contributed by atoms with Crippen LogP contribution in [0.15, 0.2) is 48.8 Å². The highest BCUT2D eigenvalue weighted by Gasteiger charge is 2.23. The van der Waals surface area contributed by atoms with Gasteiger partial charge in [-0.15, -0.1) is 0 Å². The van der Waals surface area contributed by atoms with Crippen molar-refractivity contribution in [3.05, 3.63) is 65.5 Å². The summed E-state index contributed by atoms with van der Waals surface area (Å²) in [6.45, 7) is 2.68. The van der Waals surface area contributed by atoms with Crippen LogP contribution in [0, 0.1) is 0 Å². The van der Waals surface area contributed by atoms with E-state index in [1.54, 1.807) is 0 Å². The van der Waals surface area contributed by atoms with E-state index in [9.17, 15) is 0 Å². The Morgan fingerprint density at radius 3 is 2.74 bits per heavy atom. The van der Waals surface area contributed by atoms with Crippen LogP contribution in [0.4, 0.5) is 0 Å². The Labute approximate surface area is 114 Å². The molecule has 0 radical (unpaired) electrons. The van der Waals surface area contributed by atoms with Crippen molar-refractivity contribution in [2.75, 3.05) is 13.1 Å². The molecule has 2 N–H and O–H groups in total. The van der Waals surface area contributed by atoms with Gasteiger partial charge in [0.15, 0.2) is 0 Å². The van der Waals surface area contributed by atoms with Gasteiger partial charge < -0.3 is 5.73 Å². The lowest BCUT2D eigenvalue weighted by molar-refractivity contribution is 0.183. The minimum atomic E-state index is 0.266. The highest BCUT2D eigenvalue weighted by Crippen LogP contribution is 2.26. The fourth-order valence-corrected chi connectivity index (χ4v) is 2.85. The first-order valence-electron chi connectivity index (χ1n) is 6.79. The molecule has 1 aliphatic heterocycles. The van der Waals surface area contributed by atoms with Gasteiger partial charge in [0.2, 0.25) is 0 Å². The normalized spacial score (nSPS) is 16.9. The van der Waals surface area contributed by atoms with Gasteiger partial charge >= 0.3 is 0 Å². The molecule has 0 amide bonds. The smallest absolute Gasteiger partial charge is 0.0489 e. The van der Waals surface area contributed by atoms with Gasteiger partial charge in [0.1, 0.15) is 0 Å². The number of fused-ring (bicyclic) bond motifs is 1. The number of nitrogens with two attached hydrogens (primary N) is 1. The standard InChI is InChI=1S/C16H19N3/c17-10-16(14-6-3-8-18-11-14)19-9-7-13-4-1-2-5-15(13)12-19/h1-6,8,11,16H,7,9-10,12,17H2. The molecule has 0 bridgehead atoms. The minimum Gasteiger partial charge on any atom is -0.329 e. The third-order valence-electron chi connectivity index (χ3n) is 3.89. The maximum Gasteiger partial charge on any atom is 0.0489 e. The average molecular weight is 253 g/mol. The van der Waals surface area contributed by atoms with Crippen LogP contribution in [0.2, 0.25) is 0 Å². The van der Waals surface area contributed by atoms with Gasteiger partial charge in [-0.3, -0.25) is 9.88 Å². The summed E-state index contributed by atoms with van der Waals surface area (Å²) in [5, 5.41) is 0. The van der Waals surface area contributed by atoms with Gasteiger partial charge in [-0.25, -0.2) is 0 Å². The Morgan fingerprint density at radius 1 is 1.16 bits per heavy atom. The molecular weight excluding hydrogens is 234 g/mol. The van der Waals surface area contributed by atoms with Gasteiger partial charge in [0.05, 0.1) is 0 Å². The van der Waals surface area contributed by atoms with E-state index in [-0.39, 0.29) is 6.04 Å². The van der Waals surface area contributed by atoms with Gasteiger partial charge in [-0.2, -0.15) is 0 Å². The van der Waals surface area contributed by atoms with Gasteiger partial charge in [-0.05, 0) is 29.2 Å². The van der Waals surface area contributed by atoms with Crippen molar-refractivity contribution in [3.63, 3.8) is 0 Å². The summed E-state index contributed by atoms with van der Waals surface area (Å²) < 4.78 is 0. The van der Waals surface area contributed by atoms with E-state index in [4.69, 9.17) is 5.73 Å². The molecule has 2 aromatic rings. The number of rotatable bonds is 3. The van der Waals surface area contributed by atoms with Crippen molar-refractivity contribution >= 4 is 0 Å². The topological polar surface area (TPSA) is 42.1 Å². The summed E-state index contributed by atoms with van der Waals surface area (Å²) in [6, 6.07) is 13.1. The van der Waals surface area contributed by atoms with Crippen molar-refractivity contribution in [2.45, 2.75) is 19.0 Å². The van der Waals surface area contributed by atoms with Crippen molar-refractivity contribution in [1.82, 2.24) is 9.88 Å². The number of pyridine rings is 1. The average Bonchev–Trinajstić information content (AvgIpc) is 2.49. The highest BCUT2D eigenvalue weighted by atomic mass is 15.2. The SMILES string of the molecule is NCC(c1cccnc1)N1CCc2ccccc2C1. The summed E-state index contributed by atoms with van der Waals surface area (Å²) in [6.07, 6.45) is 4.84. The molecule has 3 heteroatoms. The van der Waals surface area contributed by atoms with Crippen LogP contribution in [-0.4, -0.2) is 23.0 Å². The Bertz CT molecular complexity index is 539. The lowest BCUT2D eigenvalue weighted by Crippen LogP contribution is -2.37. The minimum absolute atomic E-state index is 0.266. The molecule has 1 aliphatic rings. The molecule has 0 aliphatic carbocycles. The van der Waals surface area contributed by atoms with Crippen molar-refractivity contribution in [2.24, 2.45) is 5.73 Å². The zero-order valence-electron chi connectivity index (χ0n) is 11.0. The molecule has 1 aromatic heterocycles. The lowest BCUT2D eigenvalue weighted by atomic mass is 9.97. The Morgan fingerprint density at radius 2 is 2.00 bits per heavy atom. The summed E-state index contributed by atoms with van der Waals surface area (Å²) in [5.74, 6) is 0. The monoisotopic (exact) mass is 253 g/mol. The van der Waals surface area contributed by atoms with Crippen molar-refractivity contribution < 1.29 is 0 Å². The van der Waals surface area contributed by atoms with E-state index in [1.165, 1.54) is 16.7 Å². The number of hydrogen-bond donors (Lipinski definition) is 1. The Kier molecular flexibility index (Phi) is 3.58. The Balaban J connectivity index is 1.83. The molecule has 0 saturated carbocycles. The third kappa shape index (κ3) is 2.53. The second-order valence-electron chi connectivity index (χ2n) is 5.03. The quantitative estimate of drug-likeness (QED) is 0.911. The molecule has 1 aromatic carbocycles. The van der Waals surface area contributed by atoms with Crippen LogP contribution in [0.1, 0.15) is 22.7 Å². The molecule has 1 atom stereocenters. The molecule has 1 unspecified atom stereocenters. The van der Waals surface area contributed by atoms with E-state index < -0.39 is 0 Å². The lowest BCUT2D eigenvalue weighted by Gasteiger charge is -2.35. The molecule has 3 rings (SSSR count). The molecule has 98 valence electrons. The summed E-state index contributed by atoms with van der Waals surface area (Å²) in [4.78, 5) is 6.67. The fraction of sp³-hybridized carbons (Fsp3) is 0.312. The van der Waals surface area contributed by atoms with E-state index in [1.807, 2.05) is 18.5 Å². The van der Waals surface area contributed by atoms with E-state index >= 15 is 0 Å². The molecule has 0 saturated heterocycles. The Hall–Kier alpha value is -1.71. The number of nitrogens with zero attached hydrogens (tertiary/aromatic N) is 2. The molecule has 19 heavy (non-hydrogen) atoms. The summed E-state index contributed by atoms with van der Waals surface area (Å²) >= 11 is 0. The van der Waals surface area contributed by atoms with Crippen LogP contribution >= 0.6 is 0 Å². The molecule has 0 fully saturated rings. The summed E-state index contributed by atoms with van der Waals surface area (Å²) in [7, 11) is 0. The molecule has 3 nitrogen and oxygen atoms in total. The van der Waals surface area contributed by atoms with Crippen molar-refractivity contribution in [1.29, 1.82) is 0 Å². The largest absolute Gasteiger partial charge is 0.329 e. The number of aromatic nitrogens is 1. The molecule has 0 spiro atoms. The molecule has 2 heterocycles. The van der Waals surface area contributed by atoms with E-state index in [0.29, 0.717) is 6.54 Å². The maximum atomic E-state index is 5.99. The zero-order valence-corrected chi connectivity index (χ0v) is 11.0. The number of benzene rings is 1. The first-order chi connectivity index (χ1) is 9.38. The van der Waals surface area contributed by atoms with E-state index in [0.717, 1.165) is 19.5 Å². The van der Waals surface area contributed by atoms with Gasteiger partial charge in [0.25, 0.3) is 0 Å². The predicted octanol–water partition coefficient (Wildman–Crippen LogP) is 2.14. The zero-order chi connectivity index (χ0) is 13.1. The van der Waals surface area contributed by atoms with Gasteiger partial charge in [-0.1, -0.05) is 30.3 Å². The van der Waals surface area contributed by atoms with Crippen LogP contribution in [0.3, 0.4) is 0 Å². The first-order valence-corrected chi connectivity index (χ1v) is 6.79. The highest BCUT2D eigenvalue weighted by molar-refractivity contribution is 5.30. The third-order valence-corrected chi connectivity index (χ3v) is 3.89. The van der Waals surface area contributed by atoms with Crippen LogP contribution < -0.4 is 5.73 Å². The predicted molar refractivity (Wildman–Crippen MR) is 76.6 cm³/mol. The number of hydrogen-bond acceptors (Lipinski definition) is 3. The second-order valence-corrected chi connectivity index (χ2v) is 5.03. The van der Waals surface area contributed by atoms with Crippen LogP contribution in [0.25, 0.3) is 0 Å². The van der Waals surface area contributed by atoms with Crippen LogP contribution in [-0.2, 0) is 13.0 Å². The first kappa shape index (κ1) is 12.3. The van der Waals surface area contributed by atoms with Crippen molar-refractivity contribution in [3.8, 4) is 0 Å².